The highest BCUT2D eigenvalue weighted by atomic mass is 16.2. The molecule has 0 aromatic carbocycles. The van der Waals surface area contributed by atoms with E-state index in [0.717, 1.165) is 19.3 Å². The Morgan fingerprint density at radius 3 is 2.33 bits per heavy atom. The first-order chi connectivity index (χ1) is 6.96. The van der Waals surface area contributed by atoms with Gasteiger partial charge in [-0.25, -0.2) is 0 Å². The summed E-state index contributed by atoms with van der Waals surface area (Å²) in [5, 5.41) is 3.08. The van der Waals surface area contributed by atoms with Crippen LogP contribution in [0.1, 0.15) is 52.9 Å². The molecule has 0 saturated heterocycles. The van der Waals surface area contributed by atoms with Crippen molar-refractivity contribution < 1.29 is 4.79 Å². The van der Waals surface area contributed by atoms with Gasteiger partial charge in [0.2, 0.25) is 5.91 Å². The van der Waals surface area contributed by atoms with Crippen LogP contribution < -0.4 is 11.1 Å². The molecule has 0 heterocycles. The third-order valence-electron chi connectivity index (χ3n) is 3.68. The van der Waals surface area contributed by atoms with Gasteiger partial charge < -0.3 is 11.1 Å². The van der Waals surface area contributed by atoms with E-state index in [1.54, 1.807) is 0 Å². The summed E-state index contributed by atoms with van der Waals surface area (Å²) in [7, 11) is 0. The first-order valence-electron chi connectivity index (χ1n) is 5.98. The molecule has 0 spiro atoms. The second kappa shape index (κ2) is 4.52. The molecule has 1 aliphatic carbocycles. The predicted molar refractivity (Wildman–Crippen MR) is 62.5 cm³/mol. The third kappa shape index (κ3) is 2.71. The molecule has 0 bridgehead atoms. The van der Waals surface area contributed by atoms with E-state index in [9.17, 15) is 4.79 Å². The van der Waals surface area contributed by atoms with E-state index in [-0.39, 0.29) is 16.9 Å². The van der Waals surface area contributed by atoms with E-state index in [1.807, 2.05) is 13.8 Å². The number of nitrogens with two attached hydrogens (primary N) is 1. The van der Waals surface area contributed by atoms with Gasteiger partial charge in [0, 0.05) is 17.5 Å². The van der Waals surface area contributed by atoms with Gasteiger partial charge in [-0.2, -0.15) is 0 Å². The molecule has 0 aromatic rings. The number of hydrogen-bond acceptors (Lipinski definition) is 2. The van der Waals surface area contributed by atoms with Crippen LogP contribution in [0.2, 0.25) is 0 Å². The van der Waals surface area contributed by atoms with E-state index >= 15 is 0 Å². The minimum atomic E-state index is -0.276. The van der Waals surface area contributed by atoms with Crippen molar-refractivity contribution in [2.45, 2.75) is 58.4 Å². The molecule has 88 valence electrons. The number of carbonyl (C=O) groups is 1. The lowest BCUT2D eigenvalue weighted by Gasteiger charge is -2.32. The van der Waals surface area contributed by atoms with Crippen LogP contribution in [0.15, 0.2) is 0 Å². The Labute approximate surface area is 92.8 Å². The summed E-state index contributed by atoms with van der Waals surface area (Å²) >= 11 is 0. The molecular weight excluding hydrogens is 188 g/mol. The molecular formula is C12H24N2O. The Hall–Kier alpha value is -0.570. The Balaban J connectivity index is 2.66. The highest BCUT2D eigenvalue weighted by Crippen LogP contribution is 2.41. The van der Waals surface area contributed by atoms with Gasteiger partial charge in [0.05, 0.1) is 0 Å². The van der Waals surface area contributed by atoms with Crippen LogP contribution in [0.5, 0.6) is 0 Å². The average molecular weight is 212 g/mol. The first kappa shape index (κ1) is 12.5. The standard InChI is InChI=1S/C12H24N2O/c1-4-12(7-5-6-8-12)10(15)14-11(2,3)9-13/h4-9,13H2,1-3H3,(H,14,15). The van der Waals surface area contributed by atoms with Crippen LogP contribution in [-0.4, -0.2) is 18.0 Å². The van der Waals surface area contributed by atoms with Crippen molar-refractivity contribution in [2.24, 2.45) is 11.1 Å². The van der Waals surface area contributed by atoms with Crippen LogP contribution in [-0.2, 0) is 4.79 Å². The summed E-state index contributed by atoms with van der Waals surface area (Å²) in [5.41, 5.74) is 5.24. The maximum atomic E-state index is 12.2. The molecule has 1 saturated carbocycles. The molecule has 1 fully saturated rings. The van der Waals surface area contributed by atoms with Crippen LogP contribution in [0.3, 0.4) is 0 Å². The zero-order chi connectivity index (χ0) is 11.5. The molecule has 0 atom stereocenters. The Morgan fingerprint density at radius 1 is 1.40 bits per heavy atom. The van der Waals surface area contributed by atoms with Crippen LogP contribution in [0.25, 0.3) is 0 Å². The van der Waals surface area contributed by atoms with E-state index in [1.165, 1.54) is 12.8 Å². The molecule has 15 heavy (non-hydrogen) atoms. The molecule has 0 aromatic heterocycles. The lowest BCUT2D eigenvalue weighted by Crippen LogP contribution is -2.53. The van der Waals surface area contributed by atoms with Gasteiger partial charge in [0.1, 0.15) is 0 Å². The second-order valence-electron chi connectivity index (χ2n) is 5.38. The normalized spacial score (nSPS) is 20.3. The number of amides is 1. The minimum Gasteiger partial charge on any atom is -0.349 e. The lowest BCUT2D eigenvalue weighted by molar-refractivity contribution is -0.132. The van der Waals surface area contributed by atoms with Crippen LogP contribution in [0, 0.1) is 5.41 Å². The molecule has 3 nitrogen and oxygen atoms in total. The number of hydrogen-bond donors (Lipinski definition) is 2. The zero-order valence-corrected chi connectivity index (χ0v) is 10.2. The molecule has 0 radical (unpaired) electrons. The number of nitrogens with one attached hydrogen (secondary N) is 1. The maximum Gasteiger partial charge on any atom is 0.226 e. The van der Waals surface area contributed by atoms with E-state index in [2.05, 4.69) is 12.2 Å². The number of carbonyl (C=O) groups excluding carboxylic acids is 1. The van der Waals surface area contributed by atoms with Gasteiger partial charge in [0.15, 0.2) is 0 Å². The van der Waals surface area contributed by atoms with Crippen molar-refractivity contribution in [1.29, 1.82) is 0 Å². The average Bonchev–Trinajstić information content (AvgIpc) is 2.66. The molecule has 0 unspecified atom stereocenters. The number of rotatable bonds is 4. The Bertz CT molecular complexity index is 230. The fraction of sp³-hybridized carbons (Fsp3) is 0.917. The third-order valence-corrected chi connectivity index (χ3v) is 3.68. The van der Waals surface area contributed by atoms with Gasteiger partial charge in [-0.1, -0.05) is 19.8 Å². The van der Waals surface area contributed by atoms with Gasteiger partial charge in [-0.3, -0.25) is 4.79 Å². The topological polar surface area (TPSA) is 55.1 Å². The van der Waals surface area contributed by atoms with Crippen LogP contribution >= 0.6 is 0 Å². The summed E-state index contributed by atoms with van der Waals surface area (Å²) in [6.07, 6.45) is 5.39. The SMILES string of the molecule is CCC1(C(=O)NC(C)(C)CN)CCCC1. The fourth-order valence-corrected chi connectivity index (χ4v) is 2.28. The zero-order valence-electron chi connectivity index (χ0n) is 10.2. The Kier molecular flexibility index (Phi) is 3.77. The molecule has 3 heteroatoms. The predicted octanol–water partition coefficient (Wildman–Crippen LogP) is 1.81. The second-order valence-corrected chi connectivity index (χ2v) is 5.38. The smallest absolute Gasteiger partial charge is 0.226 e. The van der Waals surface area contributed by atoms with Crippen LogP contribution in [0.4, 0.5) is 0 Å². The molecule has 3 N–H and O–H groups in total. The highest BCUT2D eigenvalue weighted by Gasteiger charge is 2.40. The van der Waals surface area contributed by atoms with Gasteiger partial charge in [0.25, 0.3) is 0 Å². The van der Waals surface area contributed by atoms with E-state index in [0.29, 0.717) is 6.54 Å². The quantitative estimate of drug-likeness (QED) is 0.746. The fourth-order valence-electron chi connectivity index (χ4n) is 2.28. The lowest BCUT2D eigenvalue weighted by atomic mass is 9.81. The van der Waals surface area contributed by atoms with Crippen molar-refractivity contribution in [3.63, 3.8) is 0 Å². The minimum absolute atomic E-state index is 0.105. The molecule has 0 aliphatic heterocycles. The van der Waals surface area contributed by atoms with Gasteiger partial charge in [-0.05, 0) is 33.1 Å². The summed E-state index contributed by atoms with van der Waals surface area (Å²) in [4.78, 5) is 12.2. The summed E-state index contributed by atoms with van der Waals surface area (Å²) in [6.45, 7) is 6.55. The van der Waals surface area contributed by atoms with Crippen molar-refractivity contribution >= 4 is 5.91 Å². The van der Waals surface area contributed by atoms with Crippen molar-refractivity contribution in [3.05, 3.63) is 0 Å². The van der Waals surface area contributed by atoms with E-state index in [4.69, 9.17) is 5.73 Å². The maximum absolute atomic E-state index is 12.2. The summed E-state index contributed by atoms with van der Waals surface area (Å²) in [5.74, 6) is 0.206. The summed E-state index contributed by atoms with van der Waals surface area (Å²) < 4.78 is 0. The van der Waals surface area contributed by atoms with Crippen molar-refractivity contribution in [2.75, 3.05) is 6.54 Å². The highest BCUT2D eigenvalue weighted by molar-refractivity contribution is 5.83. The van der Waals surface area contributed by atoms with Crippen molar-refractivity contribution in [1.82, 2.24) is 5.32 Å². The Morgan fingerprint density at radius 2 is 1.93 bits per heavy atom. The molecule has 1 rings (SSSR count). The van der Waals surface area contributed by atoms with Crippen molar-refractivity contribution in [3.8, 4) is 0 Å². The largest absolute Gasteiger partial charge is 0.349 e. The molecule has 1 amide bonds. The van der Waals surface area contributed by atoms with Gasteiger partial charge >= 0.3 is 0 Å². The molecule has 1 aliphatic rings. The summed E-state index contributed by atoms with van der Waals surface area (Å²) in [6, 6.07) is 0. The first-order valence-corrected chi connectivity index (χ1v) is 5.98. The monoisotopic (exact) mass is 212 g/mol. The van der Waals surface area contributed by atoms with Gasteiger partial charge in [-0.15, -0.1) is 0 Å². The van der Waals surface area contributed by atoms with E-state index < -0.39 is 0 Å².